The highest BCUT2D eigenvalue weighted by Gasteiger charge is 2.13. The van der Waals surface area contributed by atoms with Crippen molar-refractivity contribution in [1.82, 2.24) is 0 Å². The lowest BCUT2D eigenvalue weighted by Gasteiger charge is -1.99. The molecule has 0 radical (unpaired) electrons. The molecule has 1 aliphatic heterocycles. The number of hydrogen-bond donors (Lipinski definition) is 1. The van der Waals surface area contributed by atoms with Crippen LogP contribution in [0.4, 0.5) is 0 Å². The first kappa shape index (κ1) is 7.48. The summed E-state index contributed by atoms with van der Waals surface area (Å²) in [6.45, 7) is 2.19. The van der Waals surface area contributed by atoms with E-state index >= 15 is 0 Å². The van der Waals surface area contributed by atoms with Crippen LogP contribution in [0.15, 0.2) is 4.99 Å². The number of thiol groups is 1. The molecule has 3 heteroatoms. The normalized spacial score (nSPS) is 26.4. The van der Waals surface area contributed by atoms with Crippen LogP contribution < -0.4 is 0 Å². The molecule has 0 amide bonds. The summed E-state index contributed by atoms with van der Waals surface area (Å²) < 4.78 is 0.966. The van der Waals surface area contributed by atoms with Gasteiger partial charge in [0.1, 0.15) is 4.38 Å². The first-order chi connectivity index (χ1) is 4.33. The van der Waals surface area contributed by atoms with Gasteiger partial charge in [0, 0.05) is 5.75 Å². The minimum absolute atomic E-state index is 0.562. The lowest BCUT2D eigenvalue weighted by molar-refractivity contribution is 0.671. The van der Waals surface area contributed by atoms with Gasteiger partial charge in [-0.25, -0.2) is 0 Å². The molecule has 1 nitrogen and oxygen atoms in total. The molecule has 0 aliphatic carbocycles. The monoisotopic (exact) mass is 161 g/mol. The van der Waals surface area contributed by atoms with E-state index in [0.29, 0.717) is 6.04 Å². The van der Waals surface area contributed by atoms with Crippen LogP contribution in [0.5, 0.6) is 0 Å². The fourth-order valence-electron chi connectivity index (χ4n) is 0.883. The maximum atomic E-state index is 4.32. The molecule has 1 rings (SSSR count). The van der Waals surface area contributed by atoms with Gasteiger partial charge >= 0.3 is 0 Å². The second-order valence-electron chi connectivity index (χ2n) is 2.17. The average molecular weight is 161 g/mol. The molecule has 0 N–H and O–H groups in total. The molecule has 0 aromatic rings. The lowest BCUT2D eigenvalue weighted by atomic mass is 10.2. The Morgan fingerprint density at radius 2 is 2.67 bits per heavy atom. The molecule has 0 saturated heterocycles. The minimum atomic E-state index is 0.562. The highest BCUT2D eigenvalue weighted by molar-refractivity contribution is 8.32. The number of hydrogen-bond acceptors (Lipinski definition) is 2. The van der Waals surface area contributed by atoms with E-state index in [1.165, 1.54) is 12.8 Å². The van der Waals surface area contributed by atoms with Crippen LogP contribution in [0.25, 0.3) is 0 Å². The molecule has 0 aromatic carbocycles. The SMILES string of the molecule is CCCC1CSC(S)=N1. The largest absolute Gasteiger partial charge is 0.268 e. The summed E-state index contributed by atoms with van der Waals surface area (Å²) in [7, 11) is 0. The van der Waals surface area contributed by atoms with E-state index in [-0.39, 0.29) is 0 Å². The number of thioether (sulfide) groups is 1. The number of nitrogens with zero attached hydrogens (tertiary/aromatic N) is 1. The summed E-state index contributed by atoms with van der Waals surface area (Å²) in [5.74, 6) is 1.15. The molecular weight excluding hydrogens is 150 g/mol. The second kappa shape index (κ2) is 3.52. The van der Waals surface area contributed by atoms with Crippen LogP contribution in [0, 0.1) is 0 Å². The van der Waals surface area contributed by atoms with E-state index in [0.717, 1.165) is 10.1 Å². The molecule has 0 saturated carbocycles. The van der Waals surface area contributed by atoms with Gasteiger partial charge in [-0.1, -0.05) is 25.1 Å². The Hall–Kier alpha value is 0.370. The average Bonchev–Trinajstić information content (AvgIpc) is 2.17. The van der Waals surface area contributed by atoms with Gasteiger partial charge in [-0.05, 0) is 6.42 Å². The van der Waals surface area contributed by atoms with Crippen molar-refractivity contribution in [3.8, 4) is 0 Å². The fourth-order valence-corrected chi connectivity index (χ4v) is 2.08. The summed E-state index contributed by atoms with van der Waals surface area (Å²) >= 11 is 5.92. The Morgan fingerprint density at radius 1 is 1.89 bits per heavy atom. The van der Waals surface area contributed by atoms with Gasteiger partial charge in [-0.2, -0.15) is 0 Å². The molecule has 0 aromatic heterocycles. The van der Waals surface area contributed by atoms with Gasteiger partial charge in [0.2, 0.25) is 0 Å². The van der Waals surface area contributed by atoms with Gasteiger partial charge < -0.3 is 0 Å². The van der Waals surface area contributed by atoms with Crippen LogP contribution in [0.3, 0.4) is 0 Å². The highest BCUT2D eigenvalue weighted by Crippen LogP contribution is 2.22. The molecule has 0 spiro atoms. The molecule has 0 bridgehead atoms. The van der Waals surface area contributed by atoms with Gasteiger partial charge in [0.15, 0.2) is 0 Å². The maximum Gasteiger partial charge on any atom is 0.121 e. The van der Waals surface area contributed by atoms with E-state index in [9.17, 15) is 0 Å². The third-order valence-electron chi connectivity index (χ3n) is 1.32. The van der Waals surface area contributed by atoms with Gasteiger partial charge in [-0.3, -0.25) is 4.99 Å². The standard InChI is InChI=1S/C6H11NS2/c1-2-3-5-4-9-6(8)7-5/h5H,2-4H2,1H3,(H,7,8). The van der Waals surface area contributed by atoms with Crippen LogP contribution in [0.2, 0.25) is 0 Å². The van der Waals surface area contributed by atoms with E-state index in [2.05, 4.69) is 24.5 Å². The zero-order chi connectivity index (χ0) is 6.69. The third kappa shape index (κ3) is 2.22. The van der Waals surface area contributed by atoms with E-state index in [4.69, 9.17) is 0 Å². The van der Waals surface area contributed by atoms with E-state index in [1.54, 1.807) is 11.8 Å². The topological polar surface area (TPSA) is 12.4 Å². The maximum absolute atomic E-state index is 4.32. The number of aliphatic imine (C=N–C) groups is 1. The van der Waals surface area contributed by atoms with Crippen molar-refractivity contribution in [2.24, 2.45) is 4.99 Å². The zero-order valence-corrected chi connectivity index (χ0v) is 7.21. The quantitative estimate of drug-likeness (QED) is 0.612. The Labute approximate surface area is 65.7 Å². The van der Waals surface area contributed by atoms with Crippen molar-refractivity contribution >= 4 is 28.8 Å². The first-order valence-corrected chi connectivity index (χ1v) is 4.65. The lowest BCUT2D eigenvalue weighted by Crippen LogP contribution is -2.01. The summed E-state index contributed by atoms with van der Waals surface area (Å²) in [4.78, 5) is 4.32. The molecule has 1 aliphatic rings. The van der Waals surface area contributed by atoms with E-state index < -0.39 is 0 Å². The Bertz CT molecular complexity index is 122. The predicted molar refractivity (Wildman–Crippen MR) is 47.6 cm³/mol. The summed E-state index contributed by atoms with van der Waals surface area (Å²) in [6, 6.07) is 0.562. The highest BCUT2D eigenvalue weighted by atomic mass is 32.2. The minimum Gasteiger partial charge on any atom is -0.268 e. The fraction of sp³-hybridized carbons (Fsp3) is 0.833. The molecular formula is C6H11NS2. The molecule has 1 unspecified atom stereocenters. The van der Waals surface area contributed by atoms with Gasteiger partial charge in [0.25, 0.3) is 0 Å². The Morgan fingerprint density at radius 3 is 3.11 bits per heavy atom. The van der Waals surface area contributed by atoms with Crippen molar-refractivity contribution in [2.45, 2.75) is 25.8 Å². The van der Waals surface area contributed by atoms with Gasteiger partial charge in [-0.15, -0.1) is 12.6 Å². The molecule has 1 heterocycles. The predicted octanol–water partition coefficient (Wildman–Crippen LogP) is 2.19. The van der Waals surface area contributed by atoms with Crippen LogP contribution in [-0.4, -0.2) is 16.2 Å². The van der Waals surface area contributed by atoms with Crippen molar-refractivity contribution in [2.75, 3.05) is 5.75 Å². The number of rotatable bonds is 2. The van der Waals surface area contributed by atoms with Crippen molar-refractivity contribution in [1.29, 1.82) is 0 Å². The molecule has 52 valence electrons. The molecule has 0 fully saturated rings. The van der Waals surface area contributed by atoms with Crippen molar-refractivity contribution in [3.63, 3.8) is 0 Å². The zero-order valence-electron chi connectivity index (χ0n) is 5.50. The summed E-state index contributed by atoms with van der Waals surface area (Å²) in [5, 5.41) is 0. The van der Waals surface area contributed by atoms with Crippen LogP contribution in [0.1, 0.15) is 19.8 Å². The summed E-state index contributed by atoms with van der Waals surface area (Å²) in [6.07, 6.45) is 2.45. The molecule has 9 heavy (non-hydrogen) atoms. The smallest absolute Gasteiger partial charge is 0.121 e. The van der Waals surface area contributed by atoms with Crippen LogP contribution in [-0.2, 0) is 0 Å². The third-order valence-corrected chi connectivity index (χ3v) is 2.74. The second-order valence-corrected chi connectivity index (χ2v) is 3.90. The molecule has 1 atom stereocenters. The van der Waals surface area contributed by atoms with E-state index in [1.807, 2.05) is 0 Å². The Kier molecular flexibility index (Phi) is 2.92. The Balaban J connectivity index is 2.29. The van der Waals surface area contributed by atoms with Crippen LogP contribution >= 0.6 is 24.4 Å². The summed E-state index contributed by atoms with van der Waals surface area (Å²) in [5.41, 5.74) is 0. The van der Waals surface area contributed by atoms with Crippen molar-refractivity contribution in [3.05, 3.63) is 0 Å². The van der Waals surface area contributed by atoms with Crippen molar-refractivity contribution < 1.29 is 0 Å². The van der Waals surface area contributed by atoms with Gasteiger partial charge in [0.05, 0.1) is 6.04 Å². The first-order valence-electron chi connectivity index (χ1n) is 3.22.